The summed E-state index contributed by atoms with van der Waals surface area (Å²) >= 11 is 0. The summed E-state index contributed by atoms with van der Waals surface area (Å²) in [6, 6.07) is 15.9. The zero-order valence-electron chi connectivity index (χ0n) is 27.7. The van der Waals surface area contributed by atoms with Gasteiger partial charge in [-0.15, -0.1) is 0 Å². The van der Waals surface area contributed by atoms with Crippen LogP contribution in [0.25, 0.3) is 0 Å². The van der Waals surface area contributed by atoms with Crippen molar-refractivity contribution >= 4 is 29.5 Å². The molecular formula is C37H44N6O7. The molecule has 7 rings (SSSR count). The SMILES string of the molecule is NC(=O)[C@@H]1Cc2ccc(cc2)CNC(=O)/C=C/C(O)NC2CCC(CC2)C(=O)N[C@@H](Cc2ccco2)C(=O)NCc2ccccc2CC(=O)N1. The van der Waals surface area contributed by atoms with E-state index in [4.69, 9.17) is 10.2 Å². The van der Waals surface area contributed by atoms with Crippen molar-refractivity contribution in [2.75, 3.05) is 0 Å². The molecule has 264 valence electrons. The van der Waals surface area contributed by atoms with Crippen LogP contribution in [0.2, 0.25) is 0 Å². The van der Waals surface area contributed by atoms with Crippen molar-refractivity contribution in [3.05, 3.63) is 107 Å². The summed E-state index contributed by atoms with van der Waals surface area (Å²) in [5.41, 5.74) is 8.59. The number of carbonyl (C=O) groups excluding carboxylic acids is 5. The number of carbonyl (C=O) groups is 5. The highest BCUT2D eigenvalue weighted by Gasteiger charge is 2.30. The number of hydrogen-bond donors (Lipinski definition) is 7. The number of rotatable bonds is 3. The molecule has 8 N–H and O–H groups in total. The lowest BCUT2D eigenvalue weighted by Crippen LogP contribution is -2.50. The van der Waals surface area contributed by atoms with E-state index in [2.05, 4.69) is 26.6 Å². The molecule has 4 bridgehead atoms. The molecule has 1 aromatic heterocycles. The maximum Gasteiger partial charge on any atom is 0.244 e. The van der Waals surface area contributed by atoms with Gasteiger partial charge in [0, 0.05) is 44.0 Å². The van der Waals surface area contributed by atoms with Gasteiger partial charge < -0.3 is 36.5 Å². The van der Waals surface area contributed by atoms with Crippen LogP contribution in [0.15, 0.2) is 83.5 Å². The molecule has 1 fully saturated rings. The number of benzene rings is 2. The van der Waals surface area contributed by atoms with Gasteiger partial charge in [-0.25, -0.2) is 0 Å². The quantitative estimate of drug-likeness (QED) is 0.212. The third kappa shape index (κ3) is 10.6. The Morgan fingerprint density at radius 3 is 2.24 bits per heavy atom. The van der Waals surface area contributed by atoms with Gasteiger partial charge >= 0.3 is 0 Å². The van der Waals surface area contributed by atoms with Crippen LogP contribution in [0.1, 0.15) is 53.7 Å². The first kappa shape index (κ1) is 36.0. The first-order valence-electron chi connectivity index (χ1n) is 16.9. The summed E-state index contributed by atoms with van der Waals surface area (Å²) in [4.78, 5) is 64.8. The fourth-order valence-corrected chi connectivity index (χ4v) is 6.25. The highest BCUT2D eigenvalue weighted by Crippen LogP contribution is 2.25. The number of nitrogens with one attached hydrogen (secondary N) is 5. The minimum atomic E-state index is -1.05. The summed E-state index contributed by atoms with van der Waals surface area (Å²) in [5, 5.41) is 24.9. The van der Waals surface area contributed by atoms with Crippen LogP contribution >= 0.6 is 0 Å². The Morgan fingerprint density at radius 1 is 0.820 bits per heavy atom. The number of aliphatic hydroxyl groups excluding tert-OH is 1. The Morgan fingerprint density at radius 2 is 1.54 bits per heavy atom. The molecule has 1 saturated carbocycles. The molecule has 0 radical (unpaired) electrons. The van der Waals surface area contributed by atoms with Crippen LogP contribution < -0.4 is 32.3 Å². The number of hydrogen-bond acceptors (Lipinski definition) is 8. The van der Waals surface area contributed by atoms with Crippen LogP contribution in [0.3, 0.4) is 0 Å². The second-order valence-corrected chi connectivity index (χ2v) is 12.8. The number of furan rings is 1. The Kier molecular flexibility index (Phi) is 12.5. The molecule has 2 aromatic carbocycles. The number of fused-ring (bicyclic) bond motifs is 2. The molecule has 3 aliphatic heterocycles. The third-order valence-electron chi connectivity index (χ3n) is 9.08. The van der Waals surface area contributed by atoms with Crippen molar-refractivity contribution in [2.45, 2.75) is 82.4 Å². The number of amides is 5. The first-order chi connectivity index (χ1) is 24.1. The average Bonchev–Trinajstić information content (AvgIpc) is 3.62. The van der Waals surface area contributed by atoms with E-state index in [1.165, 1.54) is 18.4 Å². The Balaban J connectivity index is 1.34. The molecular weight excluding hydrogens is 640 g/mol. The lowest BCUT2D eigenvalue weighted by Gasteiger charge is -2.30. The minimum Gasteiger partial charge on any atom is -0.469 e. The largest absolute Gasteiger partial charge is 0.469 e. The molecule has 0 saturated heterocycles. The number of aliphatic hydroxyl groups is 1. The lowest BCUT2D eigenvalue weighted by molar-refractivity contribution is -0.132. The van der Waals surface area contributed by atoms with E-state index < -0.39 is 36.0 Å². The summed E-state index contributed by atoms with van der Waals surface area (Å²) in [5.74, 6) is -1.90. The van der Waals surface area contributed by atoms with Gasteiger partial charge in [-0.05, 0) is 66.1 Å². The standard InChI is InChI=1S/C37H44N6O7/c38-35(47)30-18-23-7-9-24(10-8-23)21-39-32(44)15-16-33(45)41-28-13-11-25(12-14-28)36(48)43-31(20-29-6-3-17-50-29)37(49)40-22-27-5-2-1-4-26(27)19-34(46)42-30/h1-10,15-17,25,28,30-31,33,41,45H,11-14,18-22H2,(H2,38,47)(H,39,44)(H,40,49)(H,42,46)(H,43,48)/b16-15+/t25?,28?,30-,31-,33?/m0/s1. The van der Waals surface area contributed by atoms with Crippen molar-refractivity contribution in [1.29, 1.82) is 0 Å². The topological polar surface area (TPSA) is 205 Å². The summed E-state index contributed by atoms with van der Waals surface area (Å²) in [7, 11) is 0. The zero-order valence-corrected chi connectivity index (χ0v) is 27.7. The molecule has 50 heavy (non-hydrogen) atoms. The van der Waals surface area contributed by atoms with E-state index in [0.29, 0.717) is 42.6 Å². The van der Waals surface area contributed by atoms with Crippen molar-refractivity contribution in [2.24, 2.45) is 11.7 Å². The van der Waals surface area contributed by atoms with Crippen molar-refractivity contribution in [1.82, 2.24) is 26.6 Å². The lowest BCUT2D eigenvalue weighted by atomic mass is 9.85. The second kappa shape index (κ2) is 17.4. The van der Waals surface area contributed by atoms with E-state index in [1.54, 1.807) is 48.5 Å². The van der Waals surface area contributed by atoms with Gasteiger partial charge in [-0.3, -0.25) is 29.3 Å². The highest BCUT2D eigenvalue weighted by atomic mass is 16.3. The van der Waals surface area contributed by atoms with Crippen molar-refractivity contribution < 1.29 is 33.5 Å². The predicted octanol–water partition coefficient (Wildman–Crippen LogP) is 1.03. The minimum absolute atomic E-state index is 0.0503. The molecule has 1 unspecified atom stereocenters. The summed E-state index contributed by atoms with van der Waals surface area (Å²) in [6.07, 6.45) is 5.74. The Hall–Kier alpha value is -5.27. The number of nitrogens with two attached hydrogens (primary N) is 1. The van der Waals surface area contributed by atoms with Crippen molar-refractivity contribution in [3.8, 4) is 0 Å². The molecule has 4 heterocycles. The molecule has 3 aromatic rings. The van der Waals surface area contributed by atoms with Gasteiger partial charge in [0.15, 0.2) is 0 Å². The third-order valence-corrected chi connectivity index (χ3v) is 9.08. The molecule has 5 amide bonds. The maximum absolute atomic E-state index is 13.5. The second-order valence-electron chi connectivity index (χ2n) is 12.8. The molecule has 1 aliphatic carbocycles. The van der Waals surface area contributed by atoms with E-state index >= 15 is 0 Å². The first-order valence-corrected chi connectivity index (χ1v) is 16.9. The fraction of sp³-hybridized carbons (Fsp3) is 0.378. The maximum atomic E-state index is 13.5. The molecule has 13 nitrogen and oxygen atoms in total. The van der Waals surface area contributed by atoms with Gasteiger partial charge in [-0.2, -0.15) is 0 Å². The van der Waals surface area contributed by atoms with E-state index in [9.17, 15) is 29.1 Å². The van der Waals surface area contributed by atoms with Gasteiger partial charge in [0.25, 0.3) is 0 Å². The van der Waals surface area contributed by atoms with Crippen LogP contribution in [-0.2, 0) is 56.3 Å². The van der Waals surface area contributed by atoms with Gasteiger partial charge in [0.1, 0.15) is 24.1 Å². The molecule has 0 spiro atoms. The van der Waals surface area contributed by atoms with Crippen LogP contribution in [0.4, 0.5) is 0 Å². The molecule has 13 heteroatoms. The number of primary amides is 1. The van der Waals surface area contributed by atoms with E-state index in [-0.39, 0.29) is 56.1 Å². The van der Waals surface area contributed by atoms with Gasteiger partial charge in [-0.1, -0.05) is 48.5 Å². The molecule has 3 atom stereocenters. The smallest absolute Gasteiger partial charge is 0.244 e. The van der Waals surface area contributed by atoms with Gasteiger partial charge in [0.2, 0.25) is 29.5 Å². The predicted molar refractivity (Wildman–Crippen MR) is 183 cm³/mol. The zero-order chi connectivity index (χ0) is 35.5. The summed E-state index contributed by atoms with van der Waals surface area (Å²) < 4.78 is 5.48. The average molecular weight is 685 g/mol. The monoisotopic (exact) mass is 684 g/mol. The Bertz CT molecular complexity index is 1670. The van der Waals surface area contributed by atoms with Crippen LogP contribution in [0, 0.1) is 5.92 Å². The Labute approximate surface area is 290 Å². The summed E-state index contributed by atoms with van der Waals surface area (Å²) in [6.45, 7) is 0.351. The van der Waals surface area contributed by atoms with Crippen molar-refractivity contribution in [3.63, 3.8) is 0 Å². The van der Waals surface area contributed by atoms with E-state index in [0.717, 1.165) is 11.1 Å². The molecule has 4 aliphatic rings. The normalized spacial score (nSPS) is 25.2. The van der Waals surface area contributed by atoms with Crippen LogP contribution in [0.5, 0.6) is 0 Å². The van der Waals surface area contributed by atoms with E-state index in [1.807, 2.05) is 12.1 Å². The fourth-order valence-electron chi connectivity index (χ4n) is 6.25. The van der Waals surface area contributed by atoms with Gasteiger partial charge in [0.05, 0.1) is 12.7 Å². The van der Waals surface area contributed by atoms with Crippen LogP contribution in [-0.4, -0.2) is 59.0 Å². The highest BCUT2D eigenvalue weighted by molar-refractivity contribution is 5.89.